The summed E-state index contributed by atoms with van der Waals surface area (Å²) in [5.41, 5.74) is 20.6. The third-order valence-electron chi connectivity index (χ3n) is 16.4. The highest BCUT2D eigenvalue weighted by atomic mass is 15.1. The Labute approximate surface area is 387 Å². The maximum Gasteiger partial charge on any atom is 0.0541 e. The van der Waals surface area contributed by atoms with Crippen molar-refractivity contribution in [1.29, 1.82) is 0 Å². The zero-order chi connectivity index (χ0) is 43.3. The topological polar surface area (TPSA) is 8.17 Å². The Morgan fingerprint density at radius 1 is 0.364 bits per heavy atom. The van der Waals surface area contributed by atoms with Crippen molar-refractivity contribution in [1.82, 2.24) is 4.57 Å². The molecule has 1 aromatic heterocycles. The first kappa shape index (κ1) is 37.9. The van der Waals surface area contributed by atoms with Crippen LogP contribution in [0.1, 0.15) is 43.2 Å². The van der Waals surface area contributed by atoms with E-state index in [4.69, 9.17) is 0 Å². The monoisotopic (exact) mass is 846 g/mol. The summed E-state index contributed by atoms with van der Waals surface area (Å²) in [7, 11) is 0. The number of nitrogens with zero attached hydrogens (tertiary/aromatic N) is 2. The van der Waals surface area contributed by atoms with Gasteiger partial charge in [-0.3, -0.25) is 0 Å². The van der Waals surface area contributed by atoms with E-state index in [1.165, 1.54) is 110 Å². The highest BCUT2D eigenvalue weighted by Crippen LogP contribution is 2.69. The Kier molecular flexibility index (Phi) is 8.50. The lowest BCUT2D eigenvalue weighted by atomic mass is 9.43. The van der Waals surface area contributed by atoms with Crippen LogP contribution in [-0.2, 0) is 5.41 Å². The first-order chi connectivity index (χ1) is 32.7. The van der Waals surface area contributed by atoms with Crippen molar-refractivity contribution >= 4 is 38.9 Å². The van der Waals surface area contributed by atoms with Gasteiger partial charge in [0, 0.05) is 38.8 Å². The lowest BCUT2D eigenvalue weighted by Gasteiger charge is -2.61. The second-order valence-corrected chi connectivity index (χ2v) is 19.6. The van der Waals surface area contributed by atoms with Gasteiger partial charge in [0.1, 0.15) is 0 Å². The largest absolute Gasteiger partial charge is 0.310 e. The van der Waals surface area contributed by atoms with Crippen LogP contribution in [0.5, 0.6) is 0 Å². The van der Waals surface area contributed by atoms with Gasteiger partial charge in [0.05, 0.1) is 16.7 Å². The molecule has 1 heterocycles. The molecule has 2 nitrogen and oxygen atoms in total. The molecule has 2 heteroatoms. The number of hydrogen-bond donors (Lipinski definition) is 0. The Morgan fingerprint density at radius 2 is 0.848 bits per heavy atom. The standard InChI is InChI=1S/C64H50N2/c1-2-16-44(17-3-1)50-18-4-5-19-51(50)52-20-6-7-21-53(52)56-23-9-13-27-61(56)65(47-30-32-48(33-31-47)66-62-28-14-10-24-57(62)58-25-11-15-29-63(58)66)49-34-35-55-54-22-8-12-26-59(54)64(60(55)41-49)45-37-42-36-43(39-45)40-46(64)38-42/h1-35,41-43,45-46H,36-40H2. The molecule has 9 aromatic carbocycles. The summed E-state index contributed by atoms with van der Waals surface area (Å²) >= 11 is 0. The SMILES string of the molecule is c1ccc(-c2ccccc2-c2ccccc2-c2ccccc2N(c2ccc(-n3c4ccccc4c4ccccc43)cc2)c2ccc3c(c2)C2(c4ccccc4-3)C3CC4CC(C3)CC2C4)cc1. The van der Waals surface area contributed by atoms with Gasteiger partial charge in [-0.05, 0) is 160 Å². The Morgan fingerprint density at radius 3 is 1.52 bits per heavy atom. The van der Waals surface area contributed by atoms with Crippen molar-refractivity contribution in [3.05, 3.63) is 230 Å². The predicted molar refractivity (Wildman–Crippen MR) is 275 cm³/mol. The molecular formula is C64H50N2. The molecular weight excluding hydrogens is 797 g/mol. The molecule has 0 amide bonds. The number of fused-ring (bicyclic) bond motifs is 6. The van der Waals surface area contributed by atoms with Gasteiger partial charge in [-0.2, -0.15) is 0 Å². The van der Waals surface area contributed by atoms with Crippen LogP contribution in [0.25, 0.3) is 72.0 Å². The van der Waals surface area contributed by atoms with Crippen LogP contribution in [0, 0.1) is 23.7 Å². The van der Waals surface area contributed by atoms with E-state index in [0.717, 1.165) is 23.2 Å². The Balaban J connectivity index is 0.979. The molecule has 1 spiro atoms. The lowest BCUT2D eigenvalue weighted by molar-refractivity contribution is -0.0399. The summed E-state index contributed by atoms with van der Waals surface area (Å²) in [6.07, 6.45) is 6.90. The highest BCUT2D eigenvalue weighted by Gasteiger charge is 2.61. The summed E-state index contributed by atoms with van der Waals surface area (Å²) in [6, 6.07) is 81.9. The van der Waals surface area contributed by atoms with E-state index in [1.54, 1.807) is 11.1 Å². The number of para-hydroxylation sites is 3. The van der Waals surface area contributed by atoms with Crippen LogP contribution in [0.15, 0.2) is 218 Å². The molecule has 10 aromatic rings. The van der Waals surface area contributed by atoms with Gasteiger partial charge in [-0.1, -0.05) is 164 Å². The Bertz CT molecular complexity index is 3420. The molecule has 5 aliphatic rings. The molecule has 0 aliphatic heterocycles. The molecule has 4 saturated carbocycles. The molecule has 0 atom stereocenters. The van der Waals surface area contributed by atoms with Gasteiger partial charge < -0.3 is 9.47 Å². The molecule has 4 fully saturated rings. The second kappa shape index (κ2) is 14.8. The number of hydrogen-bond acceptors (Lipinski definition) is 1. The molecule has 0 saturated heterocycles. The minimum Gasteiger partial charge on any atom is -0.310 e. The zero-order valence-corrected chi connectivity index (χ0v) is 37.0. The first-order valence-electron chi connectivity index (χ1n) is 24.2. The van der Waals surface area contributed by atoms with Crippen molar-refractivity contribution in [3.8, 4) is 50.2 Å². The lowest BCUT2D eigenvalue weighted by Crippen LogP contribution is -2.55. The van der Waals surface area contributed by atoms with Crippen LogP contribution >= 0.6 is 0 Å². The average molecular weight is 847 g/mol. The molecule has 66 heavy (non-hydrogen) atoms. The van der Waals surface area contributed by atoms with Crippen molar-refractivity contribution in [2.45, 2.75) is 37.5 Å². The smallest absolute Gasteiger partial charge is 0.0541 e. The number of anilines is 3. The van der Waals surface area contributed by atoms with E-state index in [9.17, 15) is 0 Å². The van der Waals surface area contributed by atoms with Gasteiger partial charge in [0.15, 0.2) is 0 Å². The molecule has 0 unspecified atom stereocenters. The van der Waals surface area contributed by atoms with Crippen LogP contribution < -0.4 is 4.90 Å². The fourth-order valence-corrected chi connectivity index (χ4v) is 14.1. The van der Waals surface area contributed by atoms with E-state index < -0.39 is 0 Å². The van der Waals surface area contributed by atoms with Gasteiger partial charge in [0.25, 0.3) is 0 Å². The third kappa shape index (κ3) is 5.54. The van der Waals surface area contributed by atoms with Crippen molar-refractivity contribution in [2.24, 2.45) is 23.7 Å². The quantitative estimate of drug-likeness (QED) is 0.155. The van der Waals surface area contributed by atoms with E-state index in [1.807, 2.05) is 0 Å². The Hall–Kier alpha value is -7.42. The fourth-order valence-electron chi connectivity index (χ4n) is 14.1. The van der Waals surface area contributed by atoms with E-state index in [0.29, 0.717) is 11.8 Å². The first-order valence-corrected chi connectivity index (χ1v) is 24.2. The minimum absolute atomic E-state index is 0.0642. The van der Waals surface area contributed by atoms with Gasteiger partial charge >= 0.3 is 0 Å². The maximum atomic E-state index is 2.64. The van der Waals surface area contributed by atoms with Crippen LogP contribution in [0.3, 0.4) is 0 Å². The third-order valence-corrected chi connectivity index (χ3v) is 16.4. The summed E-state index contributed by atoms with van der Waals surface area (Å²) in [4.78, 5) is 2.57. The number of benzene rings is 9. The van der Waals surface area contributed by atoms with Gasteiger partial charge in [0.2, 0.25) is 0 Å². The fraction of sp³-hybridized carbons (Fsp3) is 0.156. The predicted octanol–water partition coefficient (Wildman–Crippen LogP) is 17.0. The van der Waals surface area contributed by atoms with Gasteiger partial charge in [-0.15, -0.1) is 0 Å². The number of aromatic nitrogens is 1. The molecule has 5 aliphatic carbocycles. The van der Waals surface area contributed by atoms with E-state index in [2.05, 4.69) is 228 Å². The molecule has 15 rings (SSSR count). The van der Waals surface area contributed by atoms with Crippen LogP contribution in [-0.4, -0.2) is 4.57 Å². The second-order valence-electron chi connectivity index (χ2n) is 19.6. The van der Waals surface area contributed by atoms with Crippen molar-refractivity contribution in [3.63, 3.8) is 0 Å². The molecule has 0 radical (unpaired) electrons. The maximum absolute atomic E-state index is 2.64. The van der Waals surface area contributed by atoms with E-state index >= 15 is 0 Å². The minimum atomic E-state index is 0.0642. The van der Waals surface area contributed by atoms with E-state index in [-0.39, 0.29) is 5.41 Å². The van der Waals surface area contributed by atoms with Crippen LogP contribution in [0.2, 0.25) is 0 Å². The normalized spacial score (nSPS) is 21.1. The molecule has 316 valence electrons. The molecule has 4 bridgehead atoms. The highest BCUT2D eigenvalue weighted by molar-refractivity contribution is 6.09. The number of rotatable bonds is 7. The summed E-state index contributed by atoms with van der Waals surface area (Å²) in [5.74, 6) is 3.16. The molecule has 0 N–H and O–H groups in total. The van der Waals surface area contributed by atoms with Crippen LogP contribution in [0.4, 0.5) is 17.1 Å². The summed E-state index contributed by atoms with van der Waals surface area (Å²) < 4.78 is 2.43. The van der Waals surface area contributed by atoms with Gasteiger partial charge in [-0.25, -0.2) is 0 Å². The average Bonchev–Trinajstić information content (AvgIpc) is 3.87. The van der Waals surface area contributed by atoms with Crippen molar-refractivity contribution in [2.75, 3.05) is 4.90 Å². The summed E-state index contributed by atoms with van der Waals surface area (Å²) in [5, 5.41) is 2.55. The zero-order valence-electron chi connectivity index (χ0n) is 37.0. The van der Waals surface area contributed by atoms with Crippen molar-refractivity contribution < 1.29 is 0 Å². The summed E-state index contributed by atoms with van der Waals surface area (Å²) in [6.45, 7) is 0.